The van der Waals surface area contributed by atoms with Gasteiger partial charge in [-0.25, -0.2) is 0 Å². The van der Waals surface area contributed by atoms with Crippen LogP contribution in [0.2, 0.25) is 0 Å². The van der Waals surface area contributed by atoms with Crippen LogP contribution in [0.15, 0.2) is 48.7 Å². The monoisotopic (exact) mass is 340 g/mol. The molecule has 1 heterocycles. The summed E-state index contributed by atoms with van der Waals surface area (Å²) in [7, 11) is 0. The molecule has 0 N–H and O–H groups in total. The summed E-state index contributed by atoms with van der Waals surface area (Å²) < 4.78 is 0. The highest BCUT2D eigenvalue weighted by Gasteiger charge is 2.33. The zero-order chi connectivity index (χ0) is 18.1. The van der Waals surface area contributed by atoms with Crippen LogP contribution in [0.5, 0.6) is 0 Å². The van der Waals surface area contributed by atoms with Crippen LogP contribution in [0, 0.1) is 30.6 Å². The maximum Gasteiger partial charge on any atom is 0.0708 e. The number of hydrogen-bond acceptors (Lipinski definition) is 2. The molecule has 1 fully saturated rings. The van der Waals surface area contributed by atoms with Crippen molar-refractivity contribution < 1.29 is 0 Å². The summed E-state index contributed by atoms with van der Waals surface area (Å²) in [4.78, 5) is 4.67. The van der Waals surface area contributed by atoms with Crippen LogP contribution >= 0.6 is 0 Å². The van der Waals surface area contributed by atoms with Gasteiger partial charge in [-0.1, -0.05) is 48.2 Å². The van der Waals surface area contributed by atoms with Crippen molar-refractivity contribution in [1.82, 2.24) is 4.98 Å². The first-order valence-electron chi connectivity index (χ1n) is 9.46. The number of nitrogens with zero attached hydrogens (tertiary/aromatic N) is 2. The van der Waals surface area contributed by atoms with Gasteiger partial charge in [0.2, 0.25) is 0 Å². The van der Waals surface area contributed by atoms with Crippen molar-refractivity contribution in [3.8, 4) is 17.3 Å². The summed E-state index contributed by atoms with van der Waals surface area (Å²) in [6.07, 6.45) is 7.25. The van der Waals surface area contributed by atoms with Crippen LogP contribution in [-0.4, -0.2) is 4.98 Å². The minimum absolute atomic E-state index is 0.156. The number of hydrogen-bond donors (Lipinski definition) is 0. The second-order valence-electron chi connectivity index (χ2n) is 7.90. The van der Waals surface area contributed by atoms with E-state index in [2.05, 4.69) is 67.4 Å². The molecule has 3 aromatic rings. The molecule has 1 aliphatic carbocycles. The molecule has 2 aromatic carbocycles. The fourth-order valence-electron chi connectivity index (χ4n) is 4.35. The van der Waals surface area contributed by atoms with Gasteiger partial charge in [0, 0.05) is 17.1 Å². The van der Waals surface area contributed by atoms with E-state index in [4.69, 9.17) is 0 Å². The average molecular weight is 340 g/mol. The smallest absolute Gasteiger partial charge is 0.0708 e. The Morgan fingerprint density at radius 2 is 1.69 bits per heavy atom. The molecule has 0 unspecified atom stereocenters. The molecule has 1 aromatic heterocycles. The summed E-state index contributed by atoms with van der Waals surface area (Å²) in [5.41, 5.74) is 5.80. The van der Waals surface area contributed by atoms with Gasteiger partial charge in [0.1, 0.15) is 0 Å². The van der Waals surface area contributed by atoms with E-state index in [1.54, 1.807) is 0 Å². The lowest BCUT2D eigenvalue weighted by Crippen LogP contribution is -2.16. The number of benzene rings is 2. The van der Waals surface area contributed by atoms with Gasteiger partial charge in [0.15, 0.2) is 0 Å². The maximum atomic E-state index is 9.68. The number of nitriles is 1. The van der Waals surface area contributed by atoms with Gasteiger partial charge < -0.3 is 0 Å². The van der Waals surface area contributed by atoms with Crippen molar-refractivity contribution in [1.29, 1.82) is 5.26 Å². The van der Waals surface area contributed by atoms with Crippen LogP contribution < -0.4 is 0 Å². The first kappa shape index (κ1) is 16.8. The van der Waals surface area contributed by atoms with E-state index in [-0.39, 0.29) is 5.41 Å². The molecular weight excluding hydrogens is 316 g/mol. The minimum atomic E-state index is -0.156. The normalized spacial score (nSPS) is 15.9. The second kappa shape index (κ2) is 6.57. The third-order valence-corrected chi connectivity index (χ3v) is 5.64. The predicted molar refractivity (Wildman–Crippen MR) is 107 cm³/mol. The number of aromatic nitrogens is 1. The molecular formula is C24H24N2. The van der Waals surface area contributed by atoms with Crippen molar-refractivity contribution in [2.24, 2.45) is 5.41 Å². The third kappa shape index (κ3) is 3.22. The fraction of sp³-hybridized carbons (Fsp3) is 0.333. The lowest BCUT2D eigenvalue weighted by atomic mass is 9.81. The predicted octanol–water partition coefficient (Wildman–Crippen LogP) is 6.15. The fourth-order valence-corrected chi connectivity index (χ4v) is 4.35. The molecule has 1 aliphatic rings. The Balaban J connectivity index is 1.72. The molecule has 2 nitrogen and oxygen atoms in total. The van der Waals surface area contributed by atoms with Crippen LogP contribution in [0.1, 0.15) is 42.4 Å². The summed E-state index contributed by atoms with van der Waals surface area (Å²) >= 11 is 0. The number of pyridine rings is 1. The third-order valence-electron chi connectivity index (χ3n) is 5.64. The zero-order valence-corrected chi connectivity index (χ0v) is 15.5. The van der Waals surface area contributed by atoms with Gasteiger partial charge >= 0.3 is 0 Å². The summed E-state index contributed by atoms with van der Waals surface area (Å²) in [5, 5.41) is 12.0. The van der Waals surface area contributed by atoms with Crippen molar-refractivity contribution in [2.75, 3.05) is 0 Å². The molecule has 0 spiro atoms. The Labute approximate surface area is 155 Å². The van der Waals surface area contributed by atoms with E-state index in [9.17, 15) is 5.26 Å². The number of rotatable bonds is 3. The Bertz CT molecular complexity index is 984. The standard InChI is InChI=1S/C24H24N2/c1-17-9-18(2)11-22(10-17)23-13-21-12-19(5-6-20(21)15-26-23)14-24(16-25)7-3-4-8-24/h5-6,9-13,15H,3-4,7-8,14H2,1-2H3. The SMILES string of the molecule is Cc1cc(C)cc(-c2cc3cc(CC4(C#N)CCCC4)ccc3cn2)c1. The second-order valence-corrected chi connectivity index (χ2v) is 7.90. The van der Waals surface area contributed by atoms with Crippen LogP contribution in [0.4, 0.5) is 0 Å². The highest BCUT2D eigenvalue weighted by Crippen LogP contribution is 2.40. The molecule has 0 atom stereocenters. The summed E-state index contributed by atoms with van der Waals surface area (Å²) in [5.74, 6) is 0. The van der Waals surface area contributed by atoms with E-state index >= 15 is 0 Å². The molecule has 4 rings (SSSR count). The molecule has 1 saturated carbocycles. The lowest BCUT2D eigenvalue weighted by Gasteiger charge is -2.20. The first-order chi connectivity index (χ1) is 12.6. The summed E-state index contributed by atoms with van der Waals surface area (Å²) in [6.45, 7) is 4.25. The zero-order valence-electron chi connectivity index (χ0n) is 15.5. The van der Waals surface area contributed by atoms with E-state index < -0.39 is 0 Å². The van der Waals surface area contributed by atoms with E-state index in [0.717, 1.165) is 30.3 Å². The van der Waals surface area contributed by atoms with Gasteiger partial charge in [-0.3, -0.25) is 4.98 Å². The molecule has 0 bridgehead atoms. The highest BCUT2D eigenvalue weighted by molar-refractivity contribution is 5.86. The highest BCUT2D eigenvalue weighted by atomic mass is 14.7. The first-order valence-corrected chi connectivity index (χ1v) is 9.46. The van der Waals surface area contributed by atoms with Crippen LogP contribution in [-0.2, 0) is 6.42 Å². The van der Waals surface area contributed by atoms with E-state index in [1.807, 2.05) is 6.20 Å². The molecule has 0 saturated heterocycles. The van der Waals surface area contributed by atoms with Crippen molar-refractivity contribution in [2.45, 2.75) is 46.0 Å². The maximum absolute atomic E-state index is 9.68. The Hall–Kier alpha value is -2.66. The van der Waals surface area contributed by atoms with E-state index in [1.165, 1.54) is 40.5 Å². The average Bonchev–Trinajstić information content (AvgIpc) is 3.09. The lowest BCUT2D eigenvalue weighted by molar-refractivity contribution is 0.408. The Morgan fingerprint density at radius 3 is 2.38 bits per heavy atom. The van der Waals surface area contributed by atoms with Crippen LogP contribution in [0.3, 0.4) is 0 Å². The molecule has 0 aliphatic heterocycles. The Morgan fingerprint density at radius 1 is 0.962 bits per heavy atom. The van der Waals surface area contributed by atoms with Crippen LogP contribution in [0.25, 0.3) is 22.0 Å². The molecule has 0 radical (unpaired) electrons. The minimum Gasteiger partial charge on any atom is -0.256 e. The quantitative estimate of drug-likeness (QED) is 0.574. The van der Waals surface area contributed by atoms with Gasteiger partial charge in [0.25, 0.3) is 0 Å². The number of aryl methyl sites for hydroxylation is 2. The van der Waals surface area contributed by atoms with Gasteiger partial charge in [-0.05, 0) is 62.3 Å². The molecule has 130 valence electrons. The Kier molecular flexibility index (Phi) is 4.24. The molecule has 2 heteroatoms. The molecule has 0 amide bonds. The number of fused-ring (bicyclic) bond motifs is 1. The summed E-state index contributed by atoms with van der Waals surface area (Å²) in [6, 6.07) is 17.9. The van der Waals surface area contributed by atoms with Gasteiger partial charge in [-0.15, -0.1) is 0 Å². The molecule has 26 heavy (non-hydrogen) atoms. The largest absolute Gasteiger partial charge is 0.256 e. The topological polar surface area (TPSA) is 36.7 Å². The van der Waals surface area contributed by atoms with Crippen molar-refractivity contribution >= 4 is 10.8 Å². The van der Waals surface area contributed by atoms with Gasteiger partial charge in [-0.2, -0.15) is 5.26 Å². The van der Waals surface area contributed by atoms with Crippen molar-refractivity contribution in [3.05, 3.63) is 65.4 Å². The van der Waals surface area contributed by atoms with Gasteiger partial charge in [0.05, 0.1) is 17.2 Å². The van der Waals surface area contributed by atoms with Crippen molar-refractivity contribution in [3.63, 3.8) is 0 Å². The van der Waals surface area contributed by atoms with E-state index in [0.29, 0.717) is 0 Å².